The Bertz CT molecular complexity index is 373. The molecule has 0 aliphatic heterocycles. The lowest BCUT2D eigenvalue weighted by Gasteiger charge is -2.37. The molecule has 1 aromatic carbocycles. The first-order valence-electron chi connectivity index (χ1n) is 6.77. The van der Waals surface area contributed by atoms with Crippen LogP contribution in [0.2, 0.25) is 0 Å². The Morgan fingerprint density at radius 2 is 2.00 bits per heavy atom. The molecule has 0 radical (unpaired) electrons. The number of nitrogens with two attached hydrogens (primary N) is 1. The van der Waals surface area contributed by atoms with Gasteiger partial charge in [-0.25, -0.2) is 0 Å². The molecule has 0 aromatic heterocycles. The van der Waals surface area contributed by atoms with E-state index in [1.165, 1.54) is 19.3 Å². The van der Waals surface area contributed by atoms with E-state index in [4.69, 9.17) is 10.5 Å². The Labute approximate surface area is 110 Å². The summed E-state index contributed by atoms with van der Waals surface area (Å²) in [5, 5.41) is 3.57. The van der Waals surface area contributed by atoms with Crippen LogP contribution in [0.25, 0.3) is 0 Å². The van der Waals surface area contributed by atoms with Gasteiger partial charge in [0.05, 0.1) is 7.11 Å². The van der Waals surface area contributed by atoms with E-state index in [0.717, 1.165) is 23.8 Å². The van der Waals surface area contributed by atoms with Crippen LogP contribution >= 0.6 is 0 Å². The van der Waals surface area contributed by atoms with E-state index < -0.39 is 0 Å². The fourth-order valence-corrected chi connectivity index (χ4v) is 2.54. The molecule has 3 heteroatoms. The summed E-state index contributed by atoms with van der Waals surface area (Å²) in [6, 6.07) is 8.05. The Morgan fingerprint density at radius 3 is 2.44 bits per heavy atom. The maximum atomic E-state index is 5.95. The van der Waals surface area contributed by atoms with Crippen molar-refractivity contribution in [2.24, 2.45) is 11.7 Å². The normalized spacial score (nSPS) is 18.8. The van der Waals surface area contributed by atoms with Gasteiger partial charge in [-0.3, -0.25) is 0 Å². The van der Waals surface area contributed by atoms with Crippen LogP contribution in [0.5, 0.6) is 5.75 Å². The standard InChI is InChI=1S/C15H24N2O/c1-15(11-16,10-12-4-3-5-12)17-13-6-8-14(18-2)9-7-13/h6-9,12,17H,3-5,10-11,16H2,1-2H3. The molecule has 2 rings (SSSR count). The summed E-state index contributed by atoms with van der Waals surface area (Å²) >= 11 is 0. The molecular weight excluding hydrogens is 224 g/mol. The van der Waals surface area contributed by atoms with Crippen molar-refractivity contribution in [2.75, 3.05) is 19.0 Å². The molecule has 18 heavy (non-hydrogen) atoms. The van der Waals surface area contributed by atoms with Gasteiger partial charge in [-0.2, -0.15) is 0 Å². The molecule has 1 unspecified atom stereocenters. The molecule has 3 N–H and O–H groups in total. The van der Waals surface area contributed by atoms with Gasteiger partial charge in [-0.1, -0.05) is 19.3 Å². The molecule has 1 saturated carbocycles. The van der Waals surface area contributed by atoms with Gasteiger partial charge >= 0.3 is 0 Å². The number of ether oxygens (including phenoxy) is 1. The van der Waals surface area contributed by atoms with Crippen molar-refractivity contribution in [3.8, 4) is 5.75 Å². The molecule has 1 aliphatic rings. The smallest absolute Gasteiger partial charge is 0.119 e. The van der Waals surface area contributed by atoms with Crippen molar-refractivity contribution >= 4 is 5.69 Å². The molecule has 0 spiro atoms. The summed E-state index contributed by atoms with van der Waals surface area (Å²) in [4.78, 5) is 0. The van der Waals surface area contributed by atoms with Crippen LogP contribution in [-0.2, 0) is 0 Å². The van der Waals surface area contributed by atoms with Crippen molar-refractivity contribution in [3.63, 3.8) is 0 Å². The minimum atomic E-state index is -0.000322. The van der Waals surface area contributed by atoms with Crippen LogP contribution in [0.4, 0.5) is 5.69 Å². The predicted molar refractivity (Wildman–Crippen MR) is 76.0 cm³/mol. The van der Waals surface area contributed by atoms with E-state index >= 15 is 0 Å². The zero-order valence-electron chi connectivity index (χ0n) is 11.4. The number of hydrogen-bond donors (Lipinski definition) is 2. The molecule has 0 saturated heterocycles. The molecule has 3 nitrogen and oxygen atoms in total. The molecule has 1 atom stereocenters. The molecule has 0 bridgehead atoms. The number of nitrogens with one attached hydrogen (secondary N) is 1. The molecular formula is C15H24N2O. The van der Waals surface area contributed by atoms with Crippen molar-refractivity contribution in [1.82, 2.24) is 0 Å². The van der Waals surface area contributed by atoms with Crippen LogP contribution in [0.1, 0.15) is 32.6 Å². The number of rotatable bonds is 6. The lowest BCUT2D eigenvalue weighted by atomic mass is 9.76. The van der Waals surface area contributed by atoms with E-state index in [1.54, 1.807) is 7.11 Å². The van der Waals surface area contributed by atoms with Gasteiger partial charge < -0.3 is 15.8 Å². The highest BCUT2D eigenvalue weighted by molar-refractivity contribution is 5.48. The van der Waals surface area contributed by atoms with Crippen molar-refractivity contribution in [1.29, 1.82) is 0 Å². The minimum absolute atomic E-state index is 0.000322. The van der Waals surface area contributed by atoms with Gasteiger partial charge in [0.25, 0.3) is 0 Å². The highest BCUT2D eigenvalue weighted by atomic mass is 16.5. The van der Waals surface area contributed by atoms with E-state index in [1.807, 2.05) is 24.3 Å². The number of hydrogen-bond acceptors (Lipinski definition) is 3. The van der Waals surface area contributed by atoms with Crippen molar-refractivity contribution in [3.05, 3.63) is 24.3 Å². The second kappa shape index (κ2) is 5.61. The Kier molecular flexibility index (Phi) is 4.12. The van der Waals surface area contributed by atoms with Crippen LogP contribution in [0, 0.1) is 5.92 Å². The quantitative estimate of drug-likeness (QED) is 0.813. The van der Waals surface area contributed by atoms with Gasteiger partial charge in [-0.05, 0) is 43.5 Å². The molecule has 0 amide bonds. The maximum Gasteiger partial charge on any atom is 0.119 e. The Balaban J connectivity index is 1.98. The van der Waals surface area contributed by atoms with E-state index in [9.17, 15) is 0 Å². The fraction of sp³-hybridized carbons (Fsp3) is 0.600. The van der Waals surface area contributed by atoms with Crippen molar-refractivity contribution in [2.45, 2.75) is 38.1 Å². The average Bonchev–Trinajstić information content (AvgIpc) is 2.35. The predicted octanol–water partition coefficient (Wildman–Crippen LogP) is 3.01. The molecule has 1 aliphatic carbocycles. The highest BCUT2D eigenvalue weighted by Crippen LogP contribution is 2.34. The maximum absolute atomic E-state index is 5.95. The minimum Gasteiger partial charge on any atom is -0.497 e. The molecule has 100 valence electrons. The zero-order chi connectivity index (χ0) is 13.0. The lowest BCUT2D eigenvalue weighted by molar-refractivity contribution is 0.248. The lowest BCUT2D eigenvalue weighted by Crippen LogP contribution is -2.45. The van der Waals surface area contributed by atoms with Gasteiger partial charge in [0.15, 0.2) is 0 Å². The summed E-state index contributed by atoms with van der Waals surface area (Å²) in [5.41, 5.74) is 7.06. The third-order valence-corrected chi connectivity index (χ3v) is 3.95. The van der Waals surface area contributed by atoms with Crippen LogP contribution < -0.4 is 15.8 Å². The Hall–Kier alpha value is -1.22. The average molecular weight is 248 g/mol. The van der Waals surface area contributed by atoms with Crippen LogP contribution in [0.15, 0.2) is 24.3 Å². The van der Waals surface area contributed by atoms with Crippen LogP contribution in [0.3, 0.4) is 0 Å². The first kappa shape index (κ1) is 13.2. The summed E-state index contributed by atoms with van der Waals surface area (Å²) in [5.74, 6) is 1.73. The topological polar surface area (TPSA) is 47.3 Å². The van der Waals surface area contributed by atoms with E-state index in [0.29, 0.717) is 6.54 Å². The highest BCUT2D eigenvalue weighted by Gasteiger charge is 2.29. The Morgan fingerprint density at radius 1 is 1.33 bits per heavy atom. The SMILES string of the molecule is COc1ccc(NC(C)(CN)CC2CCC2)cc1. The monoisotopic (exact) mass is 248 g/mol. The second-order valence-corrected chi connectivity index (χ2v) is 5.62. The zero-order valence-corrected chi connectivity index (χ0v) is 11.4. The summed E-state index contributed by atoms with van der Waals surface area (Å²) < 4.78 is 5.16. The molecule has 0 heterocycles. The van der Waals surface area contributed by atoms with Crippen LogP contribution in [-0.4, -0.2) is 19.2 Å². The molecule has 1 fully saturated rings. The van der Waals surface area contributed by atoms with E-state index in [2.05, 4.69) is 12.2 Å². The third-order valence-electron chi connectivity index (χ3n) is 3.95. The second-order valence-electron chi connectivity index (χ2n) is 5.62. The van der Waals surface area contributed by atoms with Crippen molar-refractivity contribution < 1.29 is 4.74 Å². The number of anilines is 1. The van der Waals surface area contributed by atoms with Gasteiger partial charge in [0, 0.05) is 17.8 Å². The summed E-state index contributed by atoms with van der Waals surface area (Å²) in [6.45, 7) is 2.88. The summed E-state index contributed by atoms with van der Waals surface area (Å²) in [7, 11) is 1.68. The summed E-state index contributed by atoms with van der Waals surface area (Å²) in [6.07, 6.45) is 5.27. The van der Waals surface area contributed by atoms with Gasteiger partial charge in [-0.15, -0.1) is 0 Å². The van der Waals surface area contributed by atoms with E-state index in [-0.39, 0.29) is 5.54 Å². The number of benzene rings is 1. The first-order valence-corrected chi connectivity index (χ1v) is 6.77. The number of methoxy groups -OCH3 is 1. The largest absolute Gasteiger partial charge is 0.497 e. The van der Waals surface area contributed by atoms with Gasteiger partial charge in [0.1, 0.15) is 5.75 Å². The fourth-order valence-electron chi connectivity index (χ4n) is 2.54. The van der Waals surface area contributed by atoms with Gasteiger partial charge in [0.2, 0.25) is 0 Å². The molecule has 1 aromatic rings. The third kappa shape index (κ3) is 3.16. The first-order chi connectivity index (χ1) is 8.65.